The number of benzene rings is 1. The van der Waals surface area contributed by atoms with Crippen LogP contribution in [0, 0.1) is 17.1 Å². The first-order chi connectivity index (χ1) is 15.2. The number of nitrogens with zero attached hydrogens (tertiary/aromatic N) is 4. The topological polar surface area (TPSA) is 98.1 Å². The normalized spacial score (nSPS) is 17.3. The Kier molecular flexibility index (Phi) is 7.12. The second-order valence-corrected chi connectivity index (χ2v) is 7.88. The minimum Gasteiger partial charge on any atom is -0.473 e. The Morgan fingerprint density at radius 2 is 2.03 bits per heavy atom. The largest absolute Gasteiger partial charge is 0.473 e. The summed E-state index contributed by atoms with van der Waals surface area (Å²) in [5.41, 5.74) is 1.14. The van der Waals surface area contributed by atoms with Gasteiger partial charge in [-0.1, -0.05) is 0 Å². The van der Waals surface area contributed by atoms with Gasteiger partial charge in [0.15, 0.2) is 11.4 Å². The fourth-order valence-electron chi connectivity index (χ4n) is 3.94. The third kappa shape index (κ3) is 5.60. The third-order valence-electron chi connectivity index (χ3n) is 5.67. The Morgan fingerprint density at radius 3 is 2.77 bits per heavy atom. The van der Waals surface area contributed by atoms with Crippen molar-refractivity contribution in [2.45, 2.75) is 31.8 Å². The van der Waals surface area contributed by atoms with Crippen molar-refractivity contribution in [2.75, 3.05) is 49.9 Å². The molecule has 2 saturated heterocycles. The molecule has 2 fully saturated rings. The molecule has 2 aliphatic heterocycles. The van der Waals surface area contributed by atoms with Crippen LogP contribution in [0.25, 0.3) is 0 Å². The quantitative estimate of drug-likeness (QED) is 0.594. The molecule has 0 amide bonds. The second kappa shape index (κ2) is 10.4. The van der Waals surface area contributed by atoms with E-state index in [4.69, 9.17) is 4.74 Å². The minimum atomic E-state index is -0.422. The van der Waals surface area contributed by atoms with Gasteiger partial charge in [-0.25, -0.2) is 14.4 Å². The van der Waals surface area contributed by atoms with E-state index in [9.17, 15) is 9.65 Å². The van der Waals surface area contributed by atoms with Gasteiger partial charge in [-0.3, -0.25) is 0 Å². The predicted molar refractivity (Wildman–Crippen MR) is 117 cm³/mol. The zero-order chi connectivity index (χ0) is 21.5. The van der Waals surface area contributed by atoms with Crippen LogP contribution in [0.3, 0.4) is 0 Å². The number of anilines is 3. The van der Waals surface area contributed by atoms with Crippen molar-refractivity contribution < 1.29 is 9.13 Å². The number of nitrogens with one attached hydrogen (secondary N) is 3. The van der Waals surface area contributed by atoms with Crippen LogP contribution < -0.4 is 20.7 Å². The van der Waals surface area contributed by atoms with Crippen molar-refractivity contribution in [3.63, 3.8) is 0 Å². The monoisotopic (exact) mass is 425 g/mol. The summed E-state index contributed by atoms with van der Waals surface area (Å²) in [6.07, 6.45) is 5.53. The molecule has 2 aromatic rings. The van der Waals surface area contributed by atoms with E-state index in [0.717, 1.165) is 57.8 Å². The van der Waals surface area contributed by atoms with Crippen molar-refractivity contribution >= 4 is 17.2 Å². The number of nitriles is 1. The molecule has 9 heteroatoms. The Balaban J connectivity index is 1.40. The van der Waals surface area contributed by atoms with Crippen molar-refractivity contribution in [1.29, 1.82) is 5.26 Å². The first-order valence-corrected chi connectivity index (χ1v) is 10.9. The van der Waals surface area contributed by atoms with Crippen molar-refractivity contribution in [3.8, 4) is 11.9 Å². The highest BCUT2D eigenvalue weighted by Crippen LogP contribution is 2.28. The second-order valence-electron chi connectivity index (χ2n) is 7.88. The minimum absolute atomic E-state index is 0.00115. The van der Waals surface area contributed by atoms with E-state index in [2.05, 4.69) is 36.9 Å². The molecule has 0 spiro atoms. The molecule has 1 aromatic heterocycles. The van der Waals surface area contributed by atoms with E-state index >= 15 is 0 Å². The Bertz CT molecular complexity index is 921. The van der Waals surface area contributed by atoms with Crippen LogP contribution in [-0.2, 0) is 0 Å². The number of likely N-dealkylation sites (tertiary alicyclic amines) is 1. The van der Waals surface area contributed by atoms with Crippen LogP contribution in [0.5, 0.6) is 5.88 Å². The Hall–Kier alpha value is -2.96. The van der Waals surface area contributed by atoms with Gasteiger partial charge < -0.3 is 25.6 Å². The molecular weight excluding hydrogens is 397 g/mol. The van der Waals surface area contributed by atoms with Gasteiger partial charge in [-0.2, -0.15) is 5.26 Å². The van der Waals surface area contributed by atoms with E-state index in [1.807, 2.05) is 6.07 Å². The summed E-state index contributed by atoms with van der Waals surface area (Å²) in [7, 11) is 0. The molecule has 8 nitrogen and oxygen atoms in total. The molecule has 31 heavy (non-hydrogen) atoms. The van der Waals surface area contributed by atoms with Gasteiger partial charge in [-0.15, -0.1) is 0 Å². The van der Waals surface area contributed by atoms with Crippen LogP contribution in [-0.4, -0.2) is 60.2 Å². The first-order valence-electron chi connectivity index (χ1n) is 10.9. The fraction of sp³-hybridized carbons (Fsp3) is 0.500. The Labute approximate surface area is 181 Å². The van der Waals surface area contributed by atoms with Gasteiger partial charge >= 0.3 is 0 Å². The Morgan fingerprint density at radius 1 is 1.23 bits per heavy atom. The van der Waals surface area contributed by atoms with Crippen molar-refractivity contribution in [1.82, 2.24) is 20.2 Å². The molecule has 0 saturated carbocycles. The van der Waals surface area contributed by atoms with Crippen LogP contribution in [0.4, 0.5) is 21.6 Å². The number of hydrogen-bond acceptors (Lipinski definition) is 8. The summed E-state index contributed by atoms with van der Waals surface area (Å²) in [5.74, 6) is 0.0390. The lowest BCUT2D eigenvalue weighted by Gasteiger charge is -2.23. The highest BCUT2D eigenvalue weighted by molar-refractivity contribution is 5.67. The van der Waals surface area contributed by atoms with Gasteiger partial charge in [0.25, 0.3) is 0 Å². The fourth-order valence-corrected chi connectivity index (χ4v) is 3.94. The molecule has 0 bridgehead atoms. The summed E-state index contributed by atoms with van der Waals surface area (Å²) < 4.78 is 20.6. The summed E-state index contributed by atoms with van der Waals surface area (Å²) in [5, 5.41) is 19.1. The maximum absolute atomic E-state index is 14.7. The number of halogens is 1. The highest BCUT2D eigenvalue weighted by atomic mass is 19.1. The van der Waals surface area contributed by atoms with E-state index in [0.29, 0.717) is 0 Å². The number of rotatable bonds is 8. The van der Waals surface area contributed by atoms with Gasteiger partial charge in [0.1, 0.15) is 24.3 Å². The molecule has 4 rings (SSSR count). The summed E-state index contributed by atoms with van der Waals surface area (Å²) in [6, 6.07) is 7.00. The van der Waals surface area contributed by atoms with E-state index in [1.165, 1.54) is 25.2 Å². The first kappa shape index (κ1) is 21.3. The standard InChI is InChI=1S/C22H28FN7O/c23-19-13-16(26-9-12-30-10-1-2-11-30)3-4-20(19)29-21-18(14-24)22(28-15-27-21)31-17-5-7-25-8-6-17/h3-4,13,15,17,25-26H,1-2,5-12H2,(H,27,28,29). The summed E-state index contributed by atoms with van der Waals surface area (Å²) >= 11 is 0. The van der Waals surface area contributed by atoms with Crippen LogP contribution in [0.2, 0.25) is 0 Å². The van der Waals surface area contributed by atoms with E-state index in [-0.39, 0.29) is 29.1 Å². The number of piperidine rings is 1. The molecule has 0 atom stereocenters. The van der Waals surface area contributed by atoms with Crippen molar-refractivity contribution in [3.05, 3.63) is 35.9 Å². The predicted octanol–water partition coefficient (Wildman–Crippen LogP) is 2.87. The summed E-state index contributed by atoms with van der Waals surface area (Å²) in [6.45, 7) is 5.74. The zero-order valence-electron chi connectivity index (χ0n) is 17.5. The molecule has 2 aliphatic rings. The molecule has 3 heterocycles. The molecule has 0 aliphatic carbocycles. The van der Waals surface area contributed by atoms with Gasteiger partial charge in [0.05, 0.1) is 5.69 Å². The van der Waals surface area contributed by atoms with E-state index < -0.39 is 5.82 Å². The molecule has 0 radical (unpaired) electrons. The molecule has 1 aromatic carbocycles. The highest BCUT2D eigenvalue weighted by Gasteiger charge is 2.20. The lowest BCUT2D eigenvalue weighted by molar-refractivity contribution is 0.155. The van der Waals surface area contributed by atoms with Crippen molar-refractivity contribution in [2.24, 2.45) is 0 Å². The molecule has 164 valence electrons. The van der Waals surface area contributed by atoms with E-state index in [1.54, 1.807) is 6.07 Å². The third-order valence-corrected chi connectivity index (χ3v) is 5.67. The van der Waals surface area contributed by atoms with Crippen LogP contribution >= 0.6 is 0 Å². The maximum atomic E-state index is 14.7. The average molecular weight is 426 g/mol. The SMILES string of the molecule is N#Cc1c(Nc2ccc(NCCN3CCCC3)cc2F)ncnc1OC1CCNCC1. The number of aromatic nitrogens is 2. The number of hydrogen-bond donors (Lipinski definition) is 3. The summed E-state index contributed by atoms with van der Waals surface area (Å²) in [4.78, 5) is 10.7. The lowest BCUT2D eigenvalue weighted by atomic mass is 10.1. The molecule has 0 unspecified atom stereocenters. The smallest absolute Gasteiger partial charge is 0.237 e. The van der Waals surface area contributed by atoms with Gasteiger partial charge in [-0.05, 0) is 70.1 Å². The maximum Gasteiger partial charge on any atom is 0.237 e. The average Bonchev–Trinajstić information content (AvgIpc) is 3.30. The van der Waals surface area contributed by atoms with Gasteiger partial charge in [0, 0.05) is 18.8 Å². The lowest BCUT2D eigenvalue weighted by Crippen LogP contribution is -2.34. The van der Waals surface area contributed by atoms with Crippen LogP contribution in [0.1, 0.15) is 31.2 Å². The number of ether oxygens (including phenoxy) is 1. The molecular formula is C22H28FN7O. The van der Waals surface area contributed by atoms with Crippen LogP contribution in [0.15, 0.2) is 24.5 Å². The zero-order valence-corrected chi connectivity index (χ0v) is 17.5. The van der Waals surface area contributed by atoms with Gasteiger partial charge in [0.2, 0.25) is 5.88 Å². The molecule has 3 N–H and O–H groups in total.